The molecule has 2 N–H and O–H groups in total. The fourth-order valence-electron chi connectivity index (χ4n) is 3.60. The molecule has 0 saturated carbocycles. The molecule has 7 nitrogen and oxygen atoms in total. The van der Waals surface area contributed by atoms with Crippen LogP contribution in [-0.2, 0) is 11.2 Å². The number of aliphatic imine (C=N–C) groups is 1. The molecule has 1 saturated heterocycles. The van der Waals surface area contributed by atoms with Crippen molar-refractivity contribution in [3.63, 3.8) is 0 Å². The summed E-state index contributed by atoms with van der Waals surface area (Å²) in [4.78, 5) is 8.25. The lowest BCUT2D eigenvalue weighted by atomic mass is 10.1. The average molecular weight is 406 g/mol. The number of nitrogens with one attached hydrogen (secondary N) is 2. The molecule has 8 heteroatoms. The molecule has 2 aromatic heterocycles. The number of aromatic nitrogens is 1. The minimum Gasteiger partial charge on any atom is -0.376 e. The minimum absolute atomic E-state index is 0.267. The predicted molar refractivity (Wildman–Crippen MR) is 113 cm³/mol. The van der Waals surface area contributed by atoms with E-state index in [0.29, 0.717) is 6.04 Å². The van der Waals surface area contributed by atoms with Gasteiger partial charge in [-0.2, -0.15) is 0 Å². The van der Waals surface area contributed by atoms with E-state index in [9.17, 15) is 0 Å². The van der Waals surface area contributed by atoms with Crippen molar-refractivity contribution in [2.24, 2.45) is 4.99 Å². The summed E-state index contributed by atoms with van der Waals surface area (Å²) in [6.45, 7) is 10.3. The summed E-state index contributed by atoms with van der Waals surface area (Å²) in [5.41, 5.74) is 2.13. The van der Waals surface area contributed by atoms with Crippen LogP contribution in [0, 0.1) is 13.8 Å². The molecule has 1 aliphatic rings. The molecule has 2 unspecified atom stereocenters. The molecule has 0 bridgehead atoms. The average Bonchev–Trinajstić information content (AvgIpc) is 3.32. The Morgan fingerprint density at radius 1 is 1.43 bits per heavy atom. The number of thiophene rings is 1. The quantitative estimate of drug-likeness (QED) is 0.545. The van der Waals surface area contributed by atoms with Gasteiger partial charge in [-0.25, -0.2) is 0 Å². The van der Waals surface area contributed by atoms with Crippen LogP contribution in [0.25, 0.3) is 0 Å². The van der Waals surface area contributed by atoms with E-state index in [1.807, 2.05) is 20.9 Å². The predicted octanol–water partition coefficient (Wildman–Crippen LogP) is 2.52. The molecule has 1 fully saturated rings. The third kappa shape index (κ3) is 5.33. The maximum Gasteiger partial charge on any atom is 0.191 e. The van der Waals surface area contributed by atoms with Crippen LogP contribution in [0.15, 0.2) is 27.0 Å². The Labute approximate surface area is 171 Å². The molecule has 3 rings (SSSR count). The number of ether oxygens (including phenoxy) is 1. The molecule has 28 heavy (non-hydrogen) atoms. The number of hydrogen-bond acceptors (Lipinski definition) is 6. The number of nitrogens with zero attached hydrogens (tertiary/aromatic N) is 3. The third-order valence-corrected chi connectivity index (χ3v) is 6.09. The van der Waals surface area contributed by atoms with Gasteiger partial charge >= 0.3 is 0 Å². The molecule has 2 atom stereocenters. The Morgan fingerprint density at radius 2 is 2.29 bits per heavy atom. The number of rotatable bonds is 7. The molecule has 0 aromatic carbocycles. The lowest BCUT2D eigenvalue weighted by Gasteiger charge is -2.37. The van der Waals surface area contributed by atoms with Crippen molar-refractivity contribution in [2.45, 2.75) is 39.3 Å². The molecule has 154 valence electrons. The molecular weight excluding hydrogens is 374 g/mol. The normalized spacial score (nSPS) is 19.6. The van der Waals surface area contributed by atoms with E-state index in [-0.39, 0.29) is 6.10 Å². The molecule has 0 radical (unpaired) electrons. The van der Waals surface area contributed by atoms with Gasteiger partial charge in [-0.3, -0.25) is 9.89 Å². The van der Waals surface area contributed by atoms with Crippen LogP contribution in [0.2, 0.25) is 0 Å². The van der Waals surface area contributed by atoms with E-state index in [0.717, 1.165) is 56.6 Å². The van der Waals surface area contributed by atoms with E-state index in [4.69, 9.17) is 9.26 Å². The highest BCUT2D eigenvalue weighted by atomic mass is 32.1. The topological polar surface area (TPSA) is 74.9 Å². The van der Waals surface area contributed by atoms with Crippen molar-refractivity contribution in [3.8, 4) is 0 Å². The first-order valence-corrected chi connectivity index (χ1v) is 10.7. The minimum atomic E-state index is 0.267. The van der Waals surface area contributed by atoms with Crippen LogP contribution in [0.3, 0.4) is 0 Å². The largest absolute Gasteiger partial charge is 0.376 e. The van der Waals surface area contributed by atoms with Crippen molar-refractivity contribution in [1.82, 2.24) is 20.7 Å². The van der Waals surface area contributed by atoms with Crippen molar-refractivity contribution >= 4 is 17.3 Å². The van der Waals surface area contributed by atoms with Gasteiger partial charge in [-0.15, -0.1) is 11.3 Å². The smallest absolute Gasteiger partial charge is 0.191 e. The maximum atomic E-state index is 5.72. The second kappa shape index (κ2) is 10.0. The van der Waals surface area contributed by atoms with Crippen LogP contribution >= 0.6 is 11.3 Å². The zero-order valence-corrected chi connectivity index (χ0v) is 18.0. The van der Waals surface area contributed by atoms with Gasteiger partial charge in [0.25, 0.3) is 0 Å². The van der Waals surface area contributed by atoms with Crippen LogP contribution in [0.4, 0.5) is 0 Å². The molecule has 1 aliphatic heterocycles. The highest BCUT2D eigenvalue weighted by Gasteiger charge is 2.26. The third-order valence-electron chi connectivity index (χ3n) is 5.12. The Bertz CT molecular complexity index is 739. The second-order valence-corrected chi connectivity index (χ2v) is 8.12. The first kappa shape index (κ1) is 20.8. The van der Waals surface area contributed by atoms with E-state index >= 15 is 0 Å². The van der Waals surface area contributed by atoms with Gasteiger partial charge < -0.3 is 19.9 Å². The fraction of sp³-hybridized carbons (Fsp3) is 0.600. The number of guanidine groups is 1. The SMILES string of the molecule is CN=C(NCCc1c(C)noc1C)NCC(c1cccs1)N1CCOC(C)C1. The summed E-state index contributed by atoms with van der Waals surface area (Å²) < 4.78 is 11.0. The van der Waals surface area contributed by atoms with Crippen LogP contribution in [-0.4, -0.2) is 62.0 Å². The number of hydrogen-bond donors (Lipinski definition) is 2. The molecular formula is C20H31N5O2S. The van der Waals surface area contributed by atoms with Gasteiger partial charge in [0.05, 0.1) is 24.4 Å². The second-order valence-electron chi connectivity index (χ2n) is 7.14. The van der Waals surface area contributed by atoms with Gasteiger partial charge in [0.15, 0.2) is 5.96 Å². The van der Waals surface area contributed by atoms with Crippen molar-refractivity contribution in [2.75, 3.05) is 39.8 Å². The lowest BCUT2D eigenvalue weighted by Crippen LogP contribution is -2.48. The van der Waals surface area contributed by atoms with Gasteiger partial charge in [0.1, 0.15) is 5.76 Å². The summed E-state index contributed by atoms with van der Waals surface area (Å²) in [5, 5.41) is 13.1. The zero-order valence-electron chi connectivity index (χ0n) is 17.2. The zero-order chi connectivity index (χ0) is 19.9. The van der Waals surface area contributed by atoms with Crippen LogP contribution < -0.4 is 10.6 Å². The Hall–Kier alpha value is -1.90. The first-order valence-electron chi connectivity index (χ1n) is 9.83. The van der Waals surface area contributed by atoms with Crippen LogP contribution in [0.5, 0.6) is 0 Å². The Kier molecular flexibility index (Phi) is 7.47. The monoisotopic (exact) mass is 405 g/mol. The van der Waals surface area contributed by atoms with E-state index in [2.05, 4.69) is 50.1 Å². The molecule has 3 heterocycles. The lowest BCUT2D eigenvalue weighted by molar-refractivity contribution is -0.0334. The summed E-state index contributed by atoms with van der Waals surface area (Å²) >= 11 is 1.80. The van der Waals surface area contributed by atoms with Crippen LogP contribution in [0.1, 0.15) is 34.9 Å². The van der Waals surface area contributed by atoms with Gasteiger partial charge in [-0.05, 0) is 38.6 Å². The maximum absolute atomic E-state index is 5.72. The number of morpholine rings is 1. The van der Waals surface area contributed by atoms with Gasteiger partial charge in [0.2, 0.25) is 0 Å². The highest BCUT2D eigenvalue weighted by molar-refractivity contribution is 7.10. The molecule has 0 aliphatic carbocycles. The molecule has 0 spiro atoms. The van der Waals surface area contributed by atoms with E-state index in [1.54, 1.807) is 11.3 Å². The molecule has 0 amide bonds. The van der Waals surface area contributed by atoms with E-state index in [1.165, 1.54) is 10.4 Å². The van der Waals surface area contributed by atoms with E-state index < -0.39 is 0 Å². The molecule has 2 aromatic rings. The Balaban J connectivity index is 1.55. The first-order chi connectivity index (χ1) is 13.6. The Morgan fingerprint density at radius 3 is 2.93 bits per heavy atom. The standard InChI is InChI=1S/C20H31N5O2S/c1-14-13-25(9-10-26-14)18(19-6-5-11-28-19)12-23-20(21-4)22-8-7-17-15(2)24-27-16(17)3/h5-6,11,14,18H,7-10,12-13H2,1-4H3,(H2,21,22,23). The van der Waals surface area contributed by atoms with Gasteiger partial charge in [0, 0.05) is 43.7 Å². The fourth-order valence-corrected chi connectivity index (χ4v) is 4.46. The summed E-state index contributed by atoms with van der Waals surface area (Å²) in [6, 6.07) is 4.64. The van der Waals surface area contributed by atoms with Gasteiger partial charge in [-0.1, -0.05) is 11.2 Å². The van der Waals surface area contributed by atoms with Crippen molar-refractivity contribution < 1.29 is 9.26 Å². The summed E-state index contributed by atoms with van der Waals surface area (Å²) in [7, 11) is 1.81. The van der Waals surface area contributed by atoms with Crippen molar-refractivity contribution in [3.05, 3.63) is 39.4 Å². The number of aryl methyl sites for hydroxylation is 2. The summed E-state index contributed by atoms with van der Waals surface area (Å²) in [5.74, 6) is 1.70. The highest BCUT2D eigenvalue weighted by Crippen LogP contribution is 2.26. The summed E-state index contributed by atoms with van der Waals surface area (Å²) in [6.07, 6.45) is 1.13. The van der Waals surface area contributed by atoms with Crippen molar-refractivity contribution in [1.29, 1.82) is 0 Å².